The maximum atomic E-state index is 12.4. The molecule has 0 saturated carbocycles. The molecule has 0 aliphatic carbocycles. The zero-order valence-corrected chi connectivity index (χ0v) is 12.7. The van der Waals surface area contributed by atoms with Crippen LogP contribution >= 0.6 is 12.4 Å². The summed E-state index contributed by atoms with van der Waals surface area (Å²) in [4.78, 5) is 0. The van der Waals surface area contributed by atoms with Crippen LogP contribution in [0.2, 0.25) is 0 Å². The molecule has 2 aliphatic rings. The Labute approximate surface area is 116 Å². The van der Waals surface area contributed by atoms with E-state index in [9.17, 15) is 8.42 Å². The summed E-state index contributed by atoms with van der Waals surface area (Å²) in [5.74, 6) is 0.898. The van der Waals surface area contributed by atoms with Crippen LogP contribution in [0.1, 0.15) is 26.7 Å². The van der Waals surface area contributed by atoms with Crippen molar-refractivity contribution in [2.24, 2.45) is 17.6 Å². The fraction of sp³-hybridized carbons (Fsp3) is 1.00. The number of hydrogen-bond donors (Lipinski definition) is 1. The molecule has 2 fully saturated rings. The van der Waals surface area contributed by atoms with Crippen molar-refractivity contribution in [3.63, 3.8) is 0 Å². The highest BCUT2D eigenvalue weighted by Crippen LogP contribution is 2.26. The van der Waals surface area contributed by atoms with Crippen LogP contribution in [0.3, 0.4) is 0 Å². The first-order chi connectivity index (χ1) is 7.89. The Balaban J connectivity index is 0.00000162. The van der Waals surface area contributed by atoms with E-state index in [1.165, 1.54) is 0 Å². The molecule has 2 heterocycles. The van der Waals surface area contributed by atoms with Crippen molar-refractivity contribution in [3.05, 3.63) is 0 Å². The van der Waals surface area contributed by atoms with Gasteiger partial charge in [-0.15, -0.1) is 12.4 Å². The van der Waals surface area contributed by atoms with Crippen LogP contribution in [0.15, 0.2) is 0 Å². The van der Waals surface area contributed by atoms with Crippen molar-refractivity contribution in [2.75, 3.05) is 26.2 Å². The van der Waals surface area contributed by atoms with Gasteiger partial charge in [0.2, 0.25) is 0 Å². The van der Waals surface area contributed by atoms with Gasteiger partial charge in [0, 0.05) is 32.2 Å². The quantitative estimate of drug-likeness (QED) is 0.814. The second-order valence-electron chi connectivity index (χ2n) is 5.68. The van der Waals surface area contributed by atoms with Gasteiger partial charge in [0.25, 0.3) is 10.2 Å². The summed E-state index contributed by atoms with van der Waals surface area (Å²) in [7, 11) is -3.27. The van der Waals surface area contributed by atoms with Crippen molar-refractivity contribution in [1.29, 1.82) is 0 Å². The van der Waals surface area contributed by atoms with Crippen molar-refractivity contribution >= 4 is 22.6 Å². The van der Waals surface area contributed by atoms with Crippen LogP contribution in [0.25, 0.3) is 0 Å². The van der Waals surface area contributed by atoms with Gasteiger partial charge in [0.05, 0.1) is 0 Å². The molecule has 0 aromatic rings. The van der Waals surface area contributed by atoms with Crippen LogP contribution in [0, 0.1) is 11.8 Å². The van der Waals surface area contributed by atoms with Crippen molar-refractivity contribution in [1.82, 2.24) is 8.61 Å². The number of hydrogen-bond acceptors (Lipinski definition) is 3. The maximum Gasteiger partial charge on any atom is 0.282 e. The molecule has 2 aliphatic heterocycles. The van der Waals surface area contributed by atoms with Gasteiger partial charge in [0.15, 0.2) is 0 Å². The van der Waals surface area contributed by atoms with Gasteiger partial charge in [-0.1, -0.05) is 13.8 Å². The lowest BCUT2D eigenvalue weighted by Gasteiger charge is -2.36. The second kappa shape index (κ2) is 6.05. The number of piperidine rings is 1. The highest BCUT2D eigenvalue weighted by Gasteiger charge is 2.37. The van der Waals surface area contributed by atoms with Crippen molar-refractivity contribution < 1.29 is 8.42 Å². The Morgan fingerprint density at radius 1 is 1.06 bits per heavy atom. The Morgan fingerprint density at radius 3 is 2.06 bits per heavy atom. The Kier molecular flexibility index (Phi) is 5.44. The fourth-order valence-electron chi connectivity index (χ4n) is 2.92. The molecule has 5 nitrogen and oxygen atoms in total. The number of halogens is 1. The minimum atomic E-state index is -3.27. The average Bonchev–Trinajstić information content (AvgIpc) is 2.64. The van der Waals surface area contributed by atoms with Gasteiger partial charge >= 0.3 is 0 Å². The van der Waals surface area contributed by atoms with E-state index in [4.69, 9.17) is 5.73 Å². The molecule has 0 amide bonds. The first-order valence-electron chi connectivity index (χ1n) is 6.40. The molecule has 0 bridgehead atoms. The zero-order valence-electron chi connectivity index (χ0n) is 11.1. The Hall–Kier alpha value is 0.120. The Morgan fingerprint density at radius 2 is 1.61 bits per heavy atom. The summed E-state index contributed by atoms with van der Waals surface area (Å²) in [6, 6.07) is 0.00409. The SMILES string of the molecule is CC1CC(C)CN(S(=O)(=O)N2CC[C@@H](N)C2)C1.Cl. The number of nitrogens with zero attached hydrogens (tertiary/aromatic N) is 2. The fourth-order valence-corrected chi connectivity index (χ4v) is 4.85. The molecule has 108 valence electrons. The van der Waals surface area contributed by atoms with Crippen LogP contribution in [-0.2, 0) is 10.2 Å². The topological polar surface area (TPSA) is 66.6 Å². The van der Waals surface area contributed by atoms with Gasteiger partial charge in [-0.3, -0.25) is 0 Å². The summed E-state index contributed by atoms with van der Waals surface area (Å²) in [5, 5.41) is 0. The van der Waals surface area contributed by atoms with E-state index in [0.29, 0.717) is 38.0 Å². The second-order valence-corrected chi connectivity index (χ2v) is 7.61. The van der Waals surface area contributed by atoms with Crippen LogP contribution in [0.4, 0.5) is 0 Å². The normalized spacial score (nSPS) is 35.4. The predicted octanol–water partition coefficient (Wildman–Crippen LogP) is 0.664. The summed E-state index contributed by atoms with van der Waals surface area (Å²) in [5.41, 5.74) is 5.78. The standard InChI is InChI=1S/C11H23N3O2S.ClH/c1-9-5-10(2)7-14(6-9)17(15,16)13-4-3-11(12)8-13;/h9-11H,3-8,12H2,1-2H3;1H/t9?,10?,11-;/m1./s1. The van der Waals surface area contributed by atoms with Gasteiger partial charge < -0.3 is 5.73 Å². The molecular formula is C11H24ClN3O2S. The third kappa shape index (κ3) is 3.36. The molecular weight excluding hydrogens is 274 g/mol. The van der Waals surface area contributed by atoms with Gasteiger partial charge in [-0.2, -0.15) is 17.0 Å². The maximum absolute atomic E-state index is 12.4. The largest absolute Gasteiger partial charge is 0.326 e. The van der Waals surface area contributed by atoms with Crippen molar-refractivity contribution in [2.45, 2.75) is 32.7 Å². The number of rotatable bonds is 2. The first kappa shape index (κ1) is 16.2. The number of nitrogens with two attached hydrogens (primary N) is 1. The van der Waals surface area contributed by atoms with Gasteiger partial charge in [-0.25, -0.2) is 0 Å². The highest BCUT2D eigenvalue weighted by atomic mass is 35.5. The lowest BCUT2D eigenvalue weighted by Crippen LogP contribution is -2.49. The minimum absolute atomic E-state index is 0. The lowest BCUT2D eigenvalue weighted by atomic mass is 9.94. The van der Waals surface area contributed by atoms with Gasteiger partial charge in [-0.05, 0) is 24.7 Å². The van der Waals surface area contributed by atoms with E-state index in [2.05, 4.69) is 13.8 Å². The third-order valence-corrected chi connectivity index (χ3v) is 5.61. The van der Waals surface area contributed by atoms with E-state index >= 15 is 0 Å². The molecule has 0 aromatic heterocycles. The van der Waals surface area contributed by atoms with Crippen LogP contribution in [0.5, 0.6) is 0 Å². The Bertz CT molecular complexity index is 366. The summed E-state index contributed by atoms with van der Waals surface area (Å²) in [6.45, 7) is 6.59. The lowest BCUT2D eigenvalue weighted by molar-refractivity contribution is 0.211. The molecule has 0 aromatic carbocycles. The van der Waals surface area contributed by atoms with E-state index < -0.39 is 10.2 Å². The molecule has 0 radical (unpaired) electrons. The molecule has 2 unspecified atom stereocenters. The molecule has 2 rings (SSSR count). The van der Waals surface area contributed by atoms with Crippen LogP contribution in [-0.4, -0.2) is 49.2 Å². The third-order valence-electron chi connectivity index (χ3n) is 3.68. The zero-order chi connectivity index (χ0) is 12.6. The summed E-state index contributed by atoms with van der Waals surface area (Å²) >= 11 is 0. The molecule has 2 saturated heterocycles. The monoisotopic (exact) mass is 297 g/mol. The summed E-state index contributed by atoms with van der Waals surface area (Å²) < 4.78 is 28.0. The average molecular weight is 298 g/mol. The van der Waals surface area contributed by atoms with E-state index in [0.717, 1.165) is 12.8 Å². The summed E-state index contributed by atoms with van der Waals surface area (Å²) in [6.07, 6.45) is 1.89. The first-order valence-corrected chi connectivity index (χ1v) is 7.80. The highest BCUT2D eigenvalue weighted by molar-refractivity contribution is 7.86. The van der Waals surface area contributed by atoms with E-state index in [-0.39, 0.29) is 18.4 Å². The van der Waals surface area contributed by atoms with E-state index in [1.54, 1.807) is 8.61 Å². The molecule has 7 heteroatoms. The molecule has 0 spiro atoms. The molecule has 3 atom stereocenters. The minimum Gasteiger partial charge on any atom is -0.326 e. The molecule has 2 N–H and O–H groups in total. The van der Waals surface area contributed by atoms with E-state index in [1.807, 2.05) is 0 Å². The van der Waals surface area contributed by atoms with Gasteiger partial charge in [0.1, 0.15) is 0 Å². The molecule has 18 heavy (non-hydrogen) atoms. The predicted molar refractivity (Wildman–Crippen MR) is 74.9 cm³/mol. The van der Waals surface area contributed by atoms with Crippen molar-refractivity contribution in [3.8, 4) is 0 Å². The van der Waals surface area contributed by atoms with Crippen LogP contribution < -0.4 is 5.73 Å². The smallest absolute Gasteiger partial charge is 0.282 e.